The number of fused-ring (bicyclic) bond motifs is 1. The normalized spacial score (nSPS) is 21.3. The predicted octanol–water partition coefficient (Wildman–Crippen LogP) is 2.26. The van der Waals surface area contributed by atoms with E-state index in [2.05, 4.69) is 28.8 Å². The van der Waals surface area contributed by atoms with E-state index in [4.69, 9.17) is 0 Å². The Labute approximate surface area is 117 Å². The van der Waals surface area contributed by atoms with Crippen LogP contribution in [0.4, 0.5) is 0 Å². The molecule has 1 unspecified atom stereocenters. The minimum Gasteiger partial charge on any atom is -0.345 e. The molecular weight excluding hydrogens is 256 g/mol. The van der Waals surface area contributed by atoms with Gasteiger partial charge in [0.15, 0.2) is 0 Å². The zero-order valence-electron chi connectivity index (χ0n) is 11.0. The summed E-state index contributed by atoms with van der Waals surface area (Å²) < 4.78 is 0. The number of hydrogen-bond acceptors (Lipinski definition) is 3. The van der Waals surface area contributed by atoms with Crippen LogP contribution in [0.15, 0.2) is 40.3 Å². The van der Waals surface area contributed by atoms with Crippen molar-refractivity contribution in [2.24, 2.45) is 0 Å². The van der Waals surface area contributed by atoms with Crippen LogP contribution in [-0.2, 0) is 4.79 Å². The number of rotatable bonds is 2. The molecular formula is C15H18N2OS. The van der Waals surface area contributed by atoms with E-state index in [9.17, 15) is 4.79 Å². The summed E-state index contributed by atoms with van der Waals surface area (Å²) in [6.45, 7) is 3.64. The van der Waals surface area contributed by atoms with Crippen molar-refractivity contribution >= 4 is 17.7 Å². The molecule has 2 aliphatic heterocycles. The zero-order chi connectivity index (χ0) is 13.2. The highest BCUT2D eigenvalue weighted by Crippen LogP contribution is 2.35. The molecule has 4 heteroatoms. The van der Waals surface area contributed by atoms with Gasteiger partial charge in [0.05, 0.1) is 6.04 Å². The second-order valence-electron chi connectivity index (χ2n) is 5.03. The van der Waals surface area contributed by atoms with Gasteiger partial charge in [-0.25, -0.2) is 0 Å². The first-order chi connectivity index (χ1) is 9.25. The summed E-state index contributed by atoms with van der Waals surface area (Å²) >= 11 is 1.88. The monoisotopic (exact) mass is 274 g/mol. The van der Waals surface area contributed by atoms with Crippen molar-refractivity contribution in [3.05, 3.63) is 41.0 Å². The van der Waals surface area contributed by atoms with E-state index < -0.39 is 0 Å². The zero-order valence-corrected chi connectivity index (χ0v) is 11.8. The molecule has 100 valence electrons. The Morgan fingerprint density at radius 1 is 1.37 bits per heavy atom. The second kappa shape index (κ2) is 5.39. The van der Waals surface area contributed by atoms with E-state index in [1.54, 1.807) is 0 Å². The molecule has 0 bridgehead atoms. The third kappa shape index (κ3) is 2.55. The van der Waals surface area contributed by atoms with E-state index in [0.29, 0.717) is 0 Å². The third-order valence-electron chi connectivity index (χ3n) is 3.81. The topological polar surface area (TPSA) is 41.1 Å². The highest BCUT2D eigenvalue weighted by atomic mass is 32.2. The predicted molar refractivity (Wildman–Crippen MR) is 78.2 cm³/mol. The van der Waals surface area contributed by atoms with Crippen LogP contribution in [0.5, 0.6) is 0 Å². The fourth-order valence-corrected chi connectivity index (χ4v) is 3.56. The fourth-order valence-electron chi connectivity index (χ4n) is 2.43. The molecule has 3 nitrogen and oxygen atoms in total. The molecule has 3 rings (SSSR count). The highest BCUT2D eigenvalue weighted by molar-refractivity contribution is 7.99. The fraction of sp³-hybridized carbons (Fsp3) is 0.400. The highest BCUT2D eigenvalue weighted by Gasteiger charge is 2.23. The minimum atomic E-state index is 0.0863. The van der Waals surface area contributed by atoms with Gasteiger partial charge < -0.3 is 10.6 Å². The lowest BCUT2D eigenvalue weighted by Crippen LogP contribution is -2.38. The molecule has 2 heterocycles. The lowest BCUT2D eigenvalue weighted by atomic mass is 10.0. The van der Waals surface area contributed by atoms with Gasteiger partial charge in [-0.15, -0.1) is 11.8 Å². The Balaban J connectivity index is 1.76. The van der Waals surface area contributed by atoms with Gasteiger partial charge in [-0.3, -0.25) is 4.79 Å². The molecule has 1 aromatic carbocycles. The molecule has 0 aromatic heterocycles. The molecule has 2 N–H and O–H groups in total. The lowest BCUT2D eigenvalue weighted by molar-refractivity contribution is -0.118. The van der Waals surface area contributed by atoms with Crippen LogP contribution in [0.25, 0.3) is 0 Å². The third-order valence-corrected chi connectivity index (χ3v) is 4.93. The molecule has 2 aliphatic rings. The van der Waals surface area contributed by atoms with Crippen molar-refractivity contribution in [1.29, 1.82) is 0 Å². The van der Waals surface area contributed by atoms with E-state index in [0.717, 1.165) is 30.8 Å². The summed E-state index contributed by atoms with van der Waals surface area (Å²) in [4.78, 5) is 13.6. The second-order valence-corrected chi connectivity index (χ2v) is 6.17. The van der Waals surface area contributed by atoms with Crippen LogP contribution in [0.1, 0.15) is 24.9 Å². The Bertz CT molecular complexity index is 533. The molecule has 0 spiro atoms. The lowest BCUT2D eigenvalue weighted by Gasteiger charge is -2.27. The van der Waals surface area contributed by atoms with Crippen LogP contribution >= 0.6 is 11.8 Å². The van der Waals surface area contributed by atoms with Gasteiger partial charge in [-0.05, 0) is 30.5 Å². The molecule has 1 atom stereocenters. The van der Waals surface area contributed by atoms with Gasteiger partial charge in [-0.1, -0.05) is 18.2 Å². The Morgan fingerprint density at radius 3 is 2.89 bits per heavy atom. The Morgan fingerprint density at radius 2 is 2.16 bits per heavy atom. The van der Waals surface area contributed by atoms with Gasteiger partial charge in [0.2, 0.25) is 5.91 Å². The van der Waals surface area contributed by atoms with E-state index in [1.165, 1.54) is 16.0 Å². The molecule has 0 saturated carbocycles. The molecule has 0 aliphatic carbocycles. The smallest absolute Gasteiger partial charge is 0.247 e. The maximum atomic E-state index is 12.3. The number of amides is 1. The number of thioether (sulfide) groups is 1. The maximum Gasteiger partial charge on any atom is 0.247 e. The number of nitrogens with one attached hydrogen (secondary N) is 2. The van der Waals surface area contributed by atoms with Crippen molar-refractivity contribution in [3.8, 4) is 0 Å². The Kier molecular flexibility index (Phi) is 3.62. The first-order valence-electron chi connectivity index (χ1n) is 6.67. The summed E-state index contributed by atoms with van der Waals surface area (Å²) in [7, 11) is 0. The van der Waals surface area contributed by atoms with E-state index >= 15 is 0 Å². The number of carbonyl (C=O) groups excluding carboxylic acids is 1. The van der Waals surface area contributed by atoms with Gasteiger partial charge in [0.25, 0.3) is 0 Å². The van der Waals surface area contributed by atoms with Crippen LogP contribution in [-0.4, -0.2) is 24.7 Å². The maximum absolute atomic E-state index is 12.3. The number of carbonyl (C=O) groups is 1. The summed E-state index contributed by atoms with van der Waals surface area (Å²) in [6, 6.07) is 8.53. The molecule has 0 radical (unpaired) electrons. The summed E-state index contributed by atoms with van der Waals surface area (Å²) in [5, 5.41) is 6.36. The van der Waals surface area contributed by atoms with E-state index in [-0.39, 0.29) is 11.9 Å². The summed E-state index contributed by atoms with van der Waals surface area (Å²) in [5.41, 5.74) is 3.38. The summed E-state index contributed by atoms with van der Waals surface area (Å²) in [6.07, 6.45) is 1.01. The van der Waals surface area contributed by atoms with Crippen molar-refractivity contribution in [2.45, 2.75) is 24.3 Å². The molecule has 19 heavy (non-hydrogen) atoms. The average Bonchev–Trinajstić information content (AvgIpc) is 2.37. The van der Waals surface area contributed by atoms with Crippen molar-refractivity contribution in [2.75, 3.05) is 18.8 Å². The van der Waals surface area contributed by atoms with Crippen LogP contribution < -0.4 is 10.6 Å². The van der Waals surface area contributed by atoms with Gasteiger partial charge in [0.1, 0.15) is 0 Å². The van der Waals surface area contributed by atoms with Gasteiger partial charge in [0, 0.05) is 29.3 Å². The number of hydrogen-bond donors (Lipinski definition) is 2. The van der Waals surface area contributed by atoms with Crippen LogP contribution in [0, 0.1) is 0 Å². The van der Waals surface area contributed by atoms with Crippen LogP contribution in [0.3, 0.4) is 0 Å². The average molecular weight is 274 g/mol. The molecule has 1 aromatic rings. The standard InChI is InChI=1S/C15H18N2OS/c1-10(11-8-16-9-11)15(18)17-13-6-7-19-14-5-3-2-4-12(13)14/h2-5,13,16H,6-9H2,1H3,(H,17,18). The largest absolute Gasteiger partial charge is 0.345 e. The van der Waals surface area contributed by atoms with Crippen molar-refractivity contribution in [3.63, 3.8) is 0 Å². The van der Waals surface area contributed by atoms with Crippen molar-refractivity contribution in [1.82, 2.24) is 10.6 Å². The van der Waals surface area contributed by atoms with Gasteiger partial charge >= 0.3 is 0 Å². The summed E-state index contributed by atoms with van der Waals surface area (Å²) in [5.74, 6) is 1.15. The van der Waals surface area contributed by atoms with Gasteiger partial charge in [-0.2, -0.15) is 0 Å². The SMILES string of the molecule is CC(C(=O)NC1CCSc2ccccc21)=C1CNC1. The molecule has 1 amide bonds. The van der Waals surface area contributed by atoms with E-state index in [1.807, 2.05) is 24.8 Å². The minimum absolute atomic E-state index is 0.0863. The quantitative estimate of drug-likeness (QED) is 0.813. The van der Waals surface area contributed by atoms with Crippen molar-refractivity contribution < 1.29 is 4.79 Å². The first-order valence-corrected chi connectivity index (χ1v) is 7.66. The molecule has 1 saturated heterocycles. The first kappa shape index (κ1) is 12.8. The number of benzene rings is 1. The Hall–Kier alpha value is -1.26. The van der Waals surface area contributed by atoms with Crippen LogP contribution in [0.2, 0.25) is 0 Å². The molecule has 1 fully saturated rings.